The standard InChI is InChI=1S/C22H19N3O2/c1-13-10-16(27-15-6-4-3-5-7-15)11-14(2)19(13)21(26)17-12-25-22-20(17)18(23)8-9-24-22/h3-12H,1-2H3,(H3,23,24,25). The summed E-state index contributed by atoms with van der Waals surface area (Å²) in [5.74, 6) is 1.38. The first kappa shape index (κ1) is 16.8. The summed E-state index contributed by atoms with van der Waals surface area (Å²) in [6, 6.07) is 15.0. The van der Waals surface area contributed by atoms with E-state index >= 15 is 0 Å². The number of aryl methyl sites for hydroxylation is 2. The van der Waals surface area contributed by atoms with Crippen LogP contribution < -0.4 is 10.5 Å². The molecule has 0 saturated heterocycles. The fraction of sp³-hybridized carbons (Fsp3) is 0.0909. The molecule has 0 aliphatic heterocycles. The van der Waals surface area contributed by atoms with Crippen LogP contribution in [0.3, 0.4) is 0 Å². The van der Waals surface area contributed by atoms with Crippen LogP contribution in [0.5, 0.6) is 11.5 Å². The Morgan fingerprint density at radius 1 is 1.04 bits per heavy atom. The van der Waals surface area contributed by atoms with Crippen LogP contribution >= 0.6 is 0 Å². The third-order valence-corrected chi connectivity index (χ3v) is 4.56. The van der Waals surface area contributed by atoms with E-state index in [2.05, 4.69) is 9.97 Å². The van der Waals surface area contributed by atoms with Gasteiger partial charge in [-0.25, -0.2) is 4.98 Å². The van der Waals surface area contributed by atoms with Gasteiger partial charge in [0, 0.05) is 23.6 Å². The van der Waals surface area contributed by atoms with E-state index in [0.717, 1.165) is 16.9 Å². The summed E-state index contributed by atoms with van der Waals surface area (Å²) >= 11 is 0. The van der Waals surface area contributed by atoms with Crippen molar-refractivity contribution in [3.8, 4) is 11.5 Å². The number of nitrogen functional groups attached to an aromatic ring is 1. The number of carbonyl (C=O) groups excluding carboxylic acids is 1. The number of benzene rings is 2. The van der Waals surface area contributed by atoms with E-state index in [1.807, 2.05) is 56.3 Å². The first-order valence-electron chi connectivity index (χ1n) is 8.65. The van der Waals surface area contributed by atoms with Gasteiger partial charge in [0.2, 0.25) is 0 Å². The molecule has 0 fully saturated rings. The van der Waals surface area contributed by atoms with E-state index in [9.17, 15) is 4.79 Å². The molecule has 0 spiro atoms. The predicted molar refractivity (Wildman–Crippen MR) is 106 cm³/mol. The molecule has 4 rings (SSSR count). The van der Waals surface area contributed by atoms with Gasteiger partial charge in [0.15, 0.2) is 5.78 Å². The summed E-state index contributed by atoms with van der Waals surface area (Å²) < 4.78 is 5.91. The summed E-state index contributed by atoms with van der Waals surface area (Å²) in [5, 5.41) is 0.658. The number of hydrogen-bond acceptors (Lipinski definition) is 4. The third-order valence-electron chi connectivity index (χ3n) is 4.56. The Hall–Kier alpha value is -3.60. The highest BCUT2D eigenvalue weighted by molar-refractivity contribution is 6.19. The summed E-state index contributed by atoms with van der Waals surface area (Å²) in [5.41, 5.74) is 10.1. The number of aromatic amines is 1. The fourth-order valence-electron chi connectivity index (χ4n) is 3.36. The number of H-pyrrole nitrogens is 1. The maximum absolute atomic E-state index is 13.2. The van der Waals surface area contributed by atoms with Gasteiger partial charge in [0.1, 0.15) is 17.1 Å². The van der Waals surface area contributed by atoms with Gasteiger partial charge in [0.05, 0.1) is 10.9 Å². The molecule has 0 unspecified atom stereocenters. The van der Waals surface area contributed by atoms with Gasteiger partial charge in [-0.2, -0.15) is 0 Å². The van der Waals surface area contributed by atoms with Crippen molar-refractivity contribution in [2.24, 2.45) is 0 Å². The minimum Gasteiger partial charge on any atom is -0.457 e. The molecule has 0 saturated carbocycles. The molecule has 0 aliphatic rings. The molecule has 3 N–H and O–H groups in total. The Bertz CT molecular complexity index is 1120. The number of aromatic nitrogens is 2. The number of rotatable bonds is 4. The van der Waals surface area contributed by atoms with Crippen LogP contribution in [0.1, 0.15) is 27.0 Å². The van der Waals surface area contributed by atoms with E-state index in [-0.39, 0.29) is 5.78 Å². The first-order valence-corrected chi connectivity index (χ1v) is 8.65. The summed E-state index contributed by atoms with van der Waals surface area (Å²) in [4.78, 5) is 20.5. The minimum atomic E-state index is -0.0813. The molecule has 0 amide bonds. The summed E-state index contributed by atoms with van der Waals surface area (Å²) in [7, 11) is 0. The van der Waals surface area contributed by atoms with Crippen LogP contribution in [0.15, 0.2) is 60.9 Å². The van der Waals surface area contributed by atoms with Gasteiger partial charge in [0.25, 0.3) is 0 Å². The molecule has 4 aromatic rings. The van der Waals surface area contributed by atoms with Crippen molar-refractivity contribution >= 4 is 22.5 Å². The molecule has 0 radical (unpaired) electrons. The maximum atomic E-state index is 13.2. The number of nitrogens with one attached hydrogen (secondary N) is 1. The monoisotopic (exact) mass is 357 g/mol. The average molecular weight is 357 g/mol. The second-order valence-corrected chi connectivity index (χ2v) is 6.50. The predicted octanol–water partition coefficient (Wildman–Crippen LogP) is 4.79. The van der Waals surface area contributed by atoms with Crippen molar-refractivity contribution in [1.82, 2.24) is 9.97 Å². The van der Waals surface area contributed by atoms with E-state index in [1.54, 1.807) is 18.5 Å². The molecule has 0 atom stereocenters. The van der Waals surface area contributed by atoms with Gasteiger partial charge in [-0.1, -0.05) is 18.2 Å². The molecule has 2 aromatic carbocycles. The van der Waals surface area contributed by atoms with Crippen LogP contribution in [-0.4, -0.2) is 15.8 Å². The minimum absolute atomic E-state index is 0.0813. The zero-order valence-electron chi connectivity index (χ0n) is 15.1. The third kappa shape index (κ3) is 3.04. The highest BCUT2D eigenvalue weighted by atomic mass is 16.5. The van der Waals surface area contributed by atoms with Gasteiger partial charge in [-0.15, -0.1) is 0 Å². The number of nitrogens with two attached hydrogens (primary N) is 1. The Kier molecular flexibility index (Phi) is 4.12. The Balaban J connectivity index is 1.74. The second-order valence-electron chi connectivity index (χ2n) is 6.50. The lowest BCUT2D eigenvalue weighted by atomic mass is 9.94. The van der Waals surface area contributed by atoms with Gasteiger partial charge in [-0.05, 0) is 55.3 Å². The molecule has 134 valence electrons. The number of ketones is 1. The van der Waals surface area contributed by atoms with Crippen molar-refractivity contribution in [3.63, 3.8) is 0 Å². The first-order chi connectivity index (χ1) is 13.0. The lowest BCUT2D eigenvalue weighted by molar-refractivity contribution is 0.103. The van der Waals surface area contributed by atoms with E-state index in [0.29, 0.717) is 33.6 Å². The number of anilines is 1. The van der Waals surface area contributed by atoms with Gasteiger partial charge in [-0.3, -0.25) is 4.79 Å². The Morgan fingerprint density at radius 3 is 2.44 bits per heavy atom. The molecule has 2 heterocycles. The van der Waals surface area contributed by atoms with Crippen molar-refractivity contribution < 1.29 is 9.53 Å². The number of ether oxygens (including phenoxy) is 1. The van der Waals surface area contributed by atoms with Crippen LogP contribution in [0, 0.1) is 13.8 Å². The zero-order chi connectivity index (χ0) is 19.0. The number of hydrogen-bond donors (Lipinski definition) is 2. The van der Waals surface area contributed by atoms with Crippen molar-refractivity contribution in [1.29, 1.82) is 0 Å². The second kappa shape index (κ2) is 6.61. The molecular formula is C22H19N3O2. The molecule has 2 aromatic heterocycles. The largest absolute Gasteiger partial charge is 0.457 e. The summed E-state index contributed by atoms with van der Waals surface area (Å²) in [6.07, 6.45) is 3.29. The zero-order valence-corrected chi connectivity index (χ0v) is 15.1. The summed E-state index contributed by atoms with van der Waals surface area (Å²) in [6.45, 7) is 3.82. The van der Waals surface area contributed by atoms with Crippen molar-refractivity contribution in [2.45, 2.75) is 13.8 Å². The SMILES string of the molecule is Cc1cc(Oc2ccccc2)cc(C)c1C(=O)c1c[nH]c2nccc(N)c12. The van der Waals surface area contributed by atoms with Crippen LogP contribution in [0.2, 0.25) is 0 Å². The highest BCUT2D eigenvalue weighted by Crippen LogP contribution is 2.30. The average Bonchev–Trinajstić information content (AvgIpc) is 3.07. The van der Waals surface area contributed by atoms with Gasteiger partial charge < -0.3 is 15.5 Å². The molecule has 5 heteroatoms. The molecule has 0 aliphatic carbocycles. The van der Waals surface area contributed by atoms with Gasteiger partial charge >= 0.3 is 0 Å². The number of fused-ring (bicyclic) bond motifs is 1. The Morgan fingerprint density at radius 2 is 1.74 bits per heavy atom. The molecular weight excluding hydrogens is 338 g/mol. The number of para-hydroxylation sites is 1. The molecule has 27 heavy (non-hydrogen) atoms. The molecule has 0 bridgehead atoms. The highest BCUT2D eigenvalue weighted by Gasteiger charge is 2.20. The smallest absolute Gasteiger partial charge is 0.195 e. The van der Waals surface area contributed by atoms with Crippen molar-refractivity contribution in [3.05, 3.63) is 83.2 Å². The van der Waals surface area contributed by atoms with E-state index < -0.39 is 0 Å². The van der Waals surface area contributed by atoms with E-state index in [1.165, 1.54) is 0 Å². The van der Waals surface area contributed by atoms with Crippen LogP contribution in [-0.2, 0) is 0 Å². The lowest BCUT2D eigenvalue weighted by Crippen LogP contribution is -2.07. The molecule has 5 nitrogen and oxygen atoms in total. The van der Waals surface area contributed by atoms with Crippen LogP contribution in [0.4, 0.5) is 5.69 Å². The Labute approximate surface area is 156 Å². The number of nitrogens with zero attached hydrogens (tertiary/aromatic N) is 1. The van der Waals surface area contributed by atoms with Crippen LogP contribution in [0.25, 0.3) is 11.0 Å². The topological polar surface area (TPSA) is 81.0 Å². The maximum Gasteiger partial charge on any atom is 0.195 e. The number of pyridine rings is 1. The number of carbonyl (C=O) groups is 1. The van der Waals surface area contributed by atoms with E-state index in [4.69, 9.17) is 10.5 Å². The lowest BCUT2D eigenvalue weighted by Gasteiger charge is -2.13. The fourth-order valence-corrected chi connectivity index (χ4v) is 3.36. The van der Waals surface area contributed by atoms with Crippen molar-refractivity contribution in [2.75, 3.05) is 5.73 Å². The normalized spacial score (nSPS) is 10.9. The quantitative estimate of drug-likeness (QED) is 0.515.